The summed E-state index contributed by atoms with van der Waals surface area (Å²) < 4.78 is 53.1. The van der Waals surface area contributed by atoms with E-state index < -0.39 is 29.3 Å². The summed E-state index contributed by atoms with van der Waals surface area (Å²) in [6, 6.07) is 0. The third-order valence-electron chi connectivity index (χ3n) is 2.98. The molecule has 0 aliphatic carbocycles. The molecular formula is C11H15F3O4. The summed E-state index contributed by atoms with van der Waals surface area (Å²) in [6.45, 7) is 8.71. The van der Waals surface area contributed by atoms with Crippen LogP contribution in [0, 0.1) is 0 Å². The Morgan fingerprint density at radius 2 is 1.56 bits per heavy atom. The number of rotatable bonds is 2. The Morgan fingerprint density at radius 1 is 1.17 bits per heavy atom. The van der Waals surface area contributed by atoms with Crippen LogP contribution in [0.15, 0.2) is 12.7 Å². The largest absolute Gasteiger partial charge is 0.486 e. The molecule has 0 spiro atoms. The molecule has 0 atom stereocenters. The Balaban J connectivity index is 3.19. The lowest BCUT2D eigenvalue weighted by molar-refractivity contribution is -0.447. The van der Waals surface area contributed by atoms with Crippen LogP contribution in [0.1, 0.15) is 27.7 Å². The minimum absolute atomic E-state index is 0.610. The van der Waals surface area contributed by atoms with Gasteiger partial charge in [0, 0.05) is 6.08 Å². The van der Waals surface area contributed by atoms with Crippen LogP contribution in [0.25, 0.3) is 0 Å². The van der Waals surface area contributed by atoms with Gasteiger partial charge in [-0.2, -0.15) is 13.2 Å². The number of carbonyl (C=O) groups excluding carboxylic acids is 1. The molecule has 0 unspecified atom stereocenters. The van der Waals surface area contributed by atoms with Crippen LogP contribution in [-0.2, 0) is 19.0 Å². The predicted molar refractivity (Wildman–Crippen MR) is 55.4 cm³/mol. The van der Waals surface area contributed by atoms with E-state index in [1.54, 1.807) is 0 Å². The standard InChI is InChI=1S/C11H15F3O4/c1-6-7(15)16-11(10(12,13)14)17-8(2,3)9(4,5)18-11/h6H,1H2,2-5H3. The molecule has 1 rings (SSSR count). The van der Waals surface area contributed by atoms with Gasteiger partial charge in [-0.15, -0.1) is 0 Å². The summed E-state index contributed by atoms with van der Waals surface area (Å²) in [5.41, 5.74) is -2.58. The average molecular weight is 268 g/mol. The van der Waals surface area contributed by atoms with E-state index in [1.165, 1.54) is 27.7 Å². The lowest BCUT2D eigenvalue weighted by atomic mass is 9.90. The predicted octanol–water partition coefficient (Wildman–Crippen LogP) is 2.54. The average Bonchev–Trinajstić information content (AvgIpc) is 2.31. The fourth-order valence-corrected chi connectivity index (χ4v) is 1.33. The van der Waals surface area contributed by atoms with Crippen LogP contribution in [0.2, 0.25) is 0 Å². The van der Waals surface area contributed by atoms with E-state index in [1.807, 2.05) is 0 Å². The van der Waals surface area contributed by atoms with Crippen molar-refractivity contribution in [3.8, 4) is 0 Å². The van der Waals surface area contributed by atoms with Gasteiger partial charge in [0.15, 0.2) is 0 Å². The highest BCUT2D eigenvalue weighted by molar-refractivity contribution is 5.81. The van der Waals surface area contributed by atoms with Gasteiger partial charge in [0.05, 0.1) is 11.2 Å². The van der Waals surface area contributed by atoms with Gasteiger partial charge in [-0.05, 0) is 27.7 Å². The summed E-state index contributed by atoms with van der Waals surface area (Å²) >= 11 is 0. The molecule has 0 aromatic carbocycles. The maximum Gasteiger partial charge on any atom is 0.486 e. The lowest BCUT2D eigenvalue weighted by Gasteiger charge is -2.29. The second-order valence-corrected chi connectivity index (χ2v) is 4.90. The first kappa shape index (κ1) is 15.0. The smallest absolute Gasteiger partial charge is 0.397 e. The first-order valence-corrected chi connectivity index (χ1v) is 5.19. The summed E-state index contributed by atoms with van der Waals surface area (Å²) in [4.78, 5) is 11.0. The Morgan fingerprint density at radius 3 is 1.83 bits per heavy atom. The first-order chi connectivity index (χ1) is 7.87. The van der Waals surface area contributed by atoms with Crippen molar-refractivity contribution < 1.29 is 32.2 Å². The van der Waals surface area contributed by atoms with E-state index in [4.69, 9.17) is 9.47 Å². The normalized spacial score (nSPS) is 24.6. The molecule has 1 fully saturated rings. The van der Waals surface area contributed by atoms with Gasteiger partial charge in [0.2, 0.25) is 0 Å². The highest BCUT2D eigenvalue weighted by atomic mass is 19.4. The number of halogens is 3. The van der Waals surface area contributed by atoms with Crippen molar-refractivity contribution in [1.82, 2.24) is 0 Å². The van der Waals surface area contributed by atoms with E-state index in [0.29, 0.717) is 6.08 Å². The maximum absolute atomic E-state index is 13.0. The monoisotopic (exact) mass is 268 g/mol. The van der Waals surface area contributed by atoms with E-state index in [0.717, 1.165) is 0 Å². The fourth-order valence-electron chi connectivity index (χ4n) is 1.33. The highest BCUT2D eigenvalue weighted by Gasteiger charge is 2.73. The van der Waals surface area contributed by atoms with Gasteiger partial charge >= 0.3 is 18.1 Å². The Labute approximate surface area is 103 Å². The molecule has 0 aromatic heterocycles. The number of esters is 1. The molecule has 0 N–H and O–H groups in total. The number of hydrogen-bond acceptors (Lipinski definition) is 4. The topological polar surface area (TPSA) is 44.8 Å². The van der Waals surface area contributed by atoms with Gasteiger partial charge in [0.25, 0.3) is 0 Å². The molecule has 1 saturated heterocycles. The zero-order valence-corrected chi connectivity index (χ0v) is 10.6. The van der Waals surface area contributed by atoms with Crippen molar-refractivity contribution in [2.45, 2.75) is 51.0 Å². The molecular weight excluding hydrogens is 253 g/mol. The Kier molecular flexibility index (Phi) is 3.29. The van der Waals surface area contributed by atoms with Crippen LogP contribution >= 0.6 is 0 Å². The third-order valence-corrected chi connectivity index (χ3v) is 2.98. The molecule has 104 valence electrons. The van der Waals surface area contributed by atoms with Crippen LogP contribution in [0.3, 0.4) is 0 Å². The Bertz CT molecular complexity index is 355. The van der Waals surface area contributed by atoms with Crippen LogP contribution in [-0.4, -0.2) is 29.3 Å². The van der Waals surface area contributed by atoms with Crippen molar-refractivity contribution >= 4 is 5.97 Å². The highest BCUT2D eigenvalue weighted by Crippen LogP contribution is 2.51. The lowest BCUT2D eigenvalue weighted by Crippen LogP contribution is -2.51. The van der Waals surface area contributed by atoms with Crippen LogP contribution < -0.4 is 0 Å². The van der Waals surface area contributed by atoms with Crippen LogP contribution in [0.4, 0.5) is 13.2 Å². The molecule has 1 aliphatic heterocycles. The van der Waals surface area contributed by atoms with Gasteiger partial charge in [-0.25, -0.2) is 4.79 Å². The maximum atomic E-state index is 13.0. The van der Waals surface area contributed by atoms with Crippen molar-refractivity contribution in [3.63, 3.8) is 0 Å². The van der Waals surface area contributed by atoms with Crippen molar-refractivity contribution in [2.24, 2.45) is 0 Å². The molecule has 0 amide bonds. The summed E-state index contributed by atoms with van der Waals surface area (Å²) in [7, 11) is 0. The van der Waals surface area contributed by atoms with Crippen LogP contribution in [0.5, 0.6) is 0 Å². The molecule has 1 aliphatic rings. The first-order valence-electron chi connectivity index (χ1n) is 5.19. The van der Waals surface area contributed by atoms with Gasteiger partial charge in [-0.3, -0.25) is 0 Å². The van der Waals surface area contributed by atoms with E-state index in [-0.39, 0.29) is 0 Å². The Hall–Kier alpha value is -1.08. The van der Waals surface area contributed by atoms with Crippen molar-refractivity contribution in [1.29, 1.82) is 0 Å². The molecule has 0 saturated carbocycles. The van der Waals surface area contributed by atoms with E-state index >= 15 is 0 Å². The fraction of sp³-hybridized carbons (Fsp3) is 0.727. The minimum atomic E-state index is -5.02. The number of hydrogen-bond donors (Lipinski definition) is 0. The quantitative estimate of drug-likeness (QED) is 0.570. The second-order valence-electron chi connectivity index (χ2n) is 4.90. The molecule has 7 heteroatoms. The molecule has 0 radical (unpaired) electrons. The molecule has 0 bridgehead atoms. The second kappa shape index (κ2) is 3.96. The van der Waals surface area contributed by atoms with E-state index in [9.17, 15) is 18.0 Å². The van der Waals surface area contributed by atoms with Crippen molar-refractivity contribution in [3.05, 3.63) is 12.7 Å². The zero-order chi connectivity index (χ0) is 14.4. The SMILES string of the molecule is C=CC(=O)OC1(C(F)(F)F)OC(C)(C)C(C)(C)O1. The molecule has 18 heavy (non-hydrogen) atoms. The molecule has 4 nitrogen and oxygen atoms in total. The molecule has 1 heterocycles. The number of carbonyl (C=O) groups is 1. The summed E-state index contributed by atoms with van der Waals surface area (Å²) in [5, 5.41) is 0. The third kappa shape index (κ3) is 2.24. The van der Waals surface area contributed by atoms with Crippen molar-refractivity contribution in [2.75, 3.05) is 0 Å². The number of alkyl halides is 3. The number of ether oxygens (including phenoxy) is 3. The molecule has 0 aromatic rings. The van der Waals surface area contributed by atoms with Gasteiger partial charge in [-0.1, -0.05) is 6.58 Å². The summed E-state index contributed by atoms with van der Waals surface area (Å²) in [5.74, 6) is -4.67. The van der Waals surface area contributed by atoms with Gasteiger partial charge in [0.1, 0.15) is 0 Å². The van der Waals surface area contributed by atoms with E-state index in [2.05, 4.69) is 11.3 Å². The summed E-state index contributed by atoms with van der Waals surface area (Å²) in [6.07, 6.45) is -4.41. The zero-order valence-electron chi connectivity index (χ0n) is 10.6. The van der Waals surface area contributed by atoms with Gasteiger partial charge < -0.3 is 14.2 Å². The minimum Gasteiger partial charge on any atom is -0.397 e.